The molecule has 0 fully saturated rings. The van der Waals surface area contributed by atoms with Gasteiger partial charge in [0.15, 0.2) is 0 Å². The van der Waals surface area contributed by atoms with Crippen LogP contribution in [-0.4, -0.2) is 19.7 Å². The first kappa shape index (κ1) is 11.8. The normalized spacial score (nSPS) is 9.93. The molecule has 0 aliphatic heterocycles. The van der Waals surface area contributed by atoms with Crippen molar-refractivity contribution in [3.63, 3.8) is 0 Å². The first-order valence-electron chi connectivity index (χ1n) is 5.38. The van der Waals surface area contributed by atoms with Gasteiger partial charge in [-0.05, 0) is 18.6 Å². The lowest BCUT2D eigenvalue weighted by molar-refractivity contribution is 0.316. The van der Waals surface area contributed by atoms with Gasteiger partial charge in [0.1, 0.15) is 12.4 Å². The fraction of sp³-hybridized carbons (Fsp3) is 0.385. The number of para-hydroxylation sites is 1. The van der Waals surface area contributed by atoms with Crippen molar-refractivity contribution in [1.82, 2.24) is 5.32 Å². The Balaban J connectivity index is 2.05. The zero-order chi connectivity index (χ0) is 10.9. The summed E-state index contributed by atoms with van der Waals surface area (Å²) >= 11 is 0. The molecule has 1 N–H and O–H groups in total. The summed E-state index contributed by atoms with van der Waals surface area (Å²) in [5.74, 6) is 0.925. The van der Waals surface area contributed by atoms with E-state index in [0.29, 0.717) is 6.61 Å². The quantitative estimate of drug-likeness (QED) is 0.546. The van der Waals surface area contributed by atoms with Crippen LogP contribution in [0.5, 0.6) is 5.75 Å². The summed E-state index contributed by atoms with van der Waals surface area (Å²) in [4.78, 5) is 0. The fourth-order valence-corrected chi connectivity index (χ4v) is 1.15. The van der Waals surface area contributed by atoms with Gasteiger partial charge in [-0.2, -0.15) is 0 Å². The van der Waals surface area contributed by atoms with Gasteiger partial charge in [0.2, 0.25) is 0 Å². The molecule has 82 valence electrons. The number of benzene rings is 1. The summed E-state index contributed by atoms with van der Waals surface area (Å²) in [5.41, 5.74) is 1.23. The fourth-order valence-electron chi connectivity index (χ4n) is 1.15. The molecular weight excluding hydrogens is 186 g/mol. The van der Waals surface area contributed by atoms with Crippen LogP contribution in [0.2, 0.25) is 0 Å². The lowest BCUT2D eigenvalue weighted by Crippen LogP contribution is -2.22. The summed E-state index contributed by atoms with van der Waals surface area (Å²) in [7, 11) is 0. The van der Waals surface area contributed by atoms with E-state index in [-0.39, 0.29) is 0 Å². The maximum absolute atomic E-state index is 5.53. The van der Waals surface area contributed by atoms with E-state index in [9.17, 15) is 0 Å². The molecule has 0 unspecified atom stereocenters. The summed E-state index contributed by atoms with van der Waals surface area (Å²) in [6.07, 6.45) is 1.03. The predicted octanol–water partition coefficient (Wildman–Crippen LogP) is 2.62. The van der Waals surface area contributed by atoms with Gasteiger partial charge < -0.3 is 10.1 Å². The lowest BCUT2D eigenvalue weighted by Gasteiger charge is -2.07. The van der Waals surface area contributed by atoms with Crippen LogP contribution in [0.4, 0.5) is 0 Å². The van der Waals surface area contributed by atoms with Crippen molar-refractivity contribution >= 4 is 0 Å². The summed E-state index contributed by atoms with van der Waals surface area (Å²) in [5, 5.41) is 3.28. The predicted molar refractivity (Wildman–Crippen MR) is 64.2 cm³/mol. The molecule has 0 saturated carbocycles. The Hall–Kier alpha value is -1.28. The van der Waals surface area contributed by atoms with Crippen molar-refractivity contribution in [2.24, 2.45) is 0 Å². The SMILES string of the molecule is C=C(CC)CNCCOc1ccccc1. The molecule has 0 saturated heterocycles. The molecule has 15 heavy (non-hydrogen) atoms. The lowest BCUT2D eigenvalue weighted by atomic mass is 10.2. The molecule has 0 atom stereocenters. The Morgan fingerprint density at radius 1 is 1.33 bits per heavy atom. The van der Waals surface area contributed by atoms with Gasteiger partial charge in [-0.15, -0.1) is 0 Å². The summed E-state index contributed by atoms with van der Waals surface area (Å²) < 4.78 is 5.53. The van der Waals surface area contributed by atoms with Gasteiger partial charge >= 0.3 is 0 Å². The molecule has 2 heteroatoms. The summed E-state index contributed by atoms with van der Waals surface area (Å²) in [6.45, 7) is 8.48. The summed E-state index contributed by atoms with van der Waals surface area (Å²) in [6, 6.07) is 9.86. The van der Waals surface area contributed by atoms with Crippen LogP contribution in [-0.2, 0) is 0 Å². The second-order valence-corrected chi connectivity index (χ2v) is 3.44. The van der Waals surface area contributed by atoms with E-state index in [1.54, 1.807) is 0 Å². The average molecular weight is 205 g/mol. The minimum absolute atomic E-state index is 0.695. The van der Waals surface area contributed by atoms with Crippen LogP contribution in [0.3, 0.4) is 0 Å². The van der Waals surface area contributed by atoms with Gasteiger partial charge in [0, 0.05) is 13.1 Å². The van der Waals surface area contributed by atoms with Gasteiger partial charge in [0.25, 0.3) is 0 Å². The van der Waals surface area contributed by atoms with E-state index < -0.39 is 0 Å². The third-order valence-corrected chi connectivity index (χ3v) is 2.17. The zero-order valence-electron chi connectivity index (χ0n) is 9.33. The Morgan fingerprint density at radius 3 is 2.73 bits per heavy atom. The van der Waals surface area contributed by atoms with Gasteiger partial charge in [-0.3, -0.25) is 0 Å². The van der Waals surface area contributed by atoms with Gasteiger partial charge in [0.05, 0.1) is 0 Å². The minimum Gasteiger partial charge on any atom is -0.492 e. The highest BCUT2D eigenvalue weighted by Gasteiger charge is 1.92. The molecule has 0 radical (unpaired) electrons. The second-order valence-electron chi connectivity index (χ2n) is 3.44. The molecule has 1 aromatic carbocycles. The highest BCUT2D eigenvalue weighted by Crippen LogP contribution is 2.07. The van der Waals surface area contributed by atoms with E-state index in [4.69, 9.17) is 4.74 Å². The van der Waals surface area contributed by atoms with E-state index in [1.165, 1.54) is 5.57 Å². The highest BCUT2D eigenvalue weighted by atomic mass is 16.5. The molecule has 1 aromatic rings. The molecule has 0 spiro atoms. The van der Waals surface area contributed by atoms with Crippen LogP contribution in [0.15, 0.2) is 42.5 Å². The molecule has 0 aliphatic carbocycles. The van der Waals surface area contributed by atoms with Gasteiger partial charge in [-0.1, -0.05) is 37.3 Å². The van der Waals surface area contributed by atoms with Crippen LogP contribution in [0, 0.1) is 0 Å². The first-order chi connectivity index (χ1) is 7.33. The average Bonchev–Trinajstić information content (AvgIpc) is 2.29. The monoisotopic (exact) mass is 205 g/mol. The molecule has 0 amide bonds. The Morgan fingerprint density at radius 2 is 2.07 bits per heavy atom. The zero-order valence-corrected chi connectivity index (χ0v) is 9.33. The topological polar surface area (TPSA) is 21.3 Å². The second kappa shape index (κ2) is 7.07. The maximum Gasteiger partial charge on any atom is 0.119 e. The van der Waals surface area contributed by atoms with E-state index in [0.717, 1.165) is 25.3 Å². The van der Waals surface area contributed by atoms with Crippen molar-refractivity contribution in [1.29, 1.82) is 0 Å². The number of ether oxygens (including phenoxy) is 1. The largest absolute Gasteiger partial charge is 0.492 e. The van der Waals surface area contributed by atoms with E-state index >= 15 is 0 Å². The number of rotatable bonds is 7. The van der Waals surface area contributed by atoms with Crippen molar-refractivity contribution in [2.45, 2.75) is 13.3 Å². The Bertz CT molecular complexity index is 282. The minimum atomic E-state index is 0.695. The van der Waals surface area contributed by atoms with Crippen molar-refractivity contribution < 1.29 is 4.74 Å². The molecule has 0 aromatic heterocycles. The van der Waals surface area contributed by atoms with Crippen LogP contribution in [0.25, 0.3) is 0 Å². The third-order valence-electron chi connectivity index (χ3n) is 2.17. The molecule has 0 bridgehead atoms. The maximum atomic E-state index is 5.53. The Kier molecular flexibility index (Phi) is 5.56. The van der Waals surface area contributed by atoms with Gasteiger partial charge in [-0.25, -0.2) is 0 Å². The smallest absolute Gasteiger partial charge is 0.119 e. The number of hydrogen-bond donors (Lipinski definition) is 1. The van der Waals surface area contributed by atoms with E-state index in [1.807, 2.05) is 30.3 Å². The van der Waals surface area contributed by atoms with E-state index in [2.05, 4.69) is 18.8 Å². The van der Waals surface area contributed by atoms with Crippen molar-refractivity contribution in [3.8, 4) is 5.75 Å². The molecule has 2 nitrogen and oxygen atoms in total. The van der Waals surface area contributed by atoms with Crippen molar-refractivity contribution in [3.05, 3.63) is 42.5 Å². The van der Waals surface area contributed by atoms with Crippen LogP contribution >= 0.6 is 0 Å². The highest BCUT2D eigenvalue weighted by molar-refractivity contribution is 5.20. The molecule has 1 rings (SSSR count). The number of nitrogens with one attached hydrogen (secondary N) is 1. The third kappa shape index (κ3) is 5.23. The molecular formula is C13H19NO. The molecule has 0 heterocycles. The van der Waals surface area contributed by atoms with Crippen LogP contribution in [0.1, 0.15) is 13.3 Å². The Labute approximate surface area is 92.0 Å². The number of hydrogen-bond acceptors (Lipinski definition) is 2. The molecule has 0 aliphatic rings. The van der Waals surface area contributed by atoms with Crippen LogP contribution < -0.4 is 10.1 Å². The standard InChI is InChI=1S/C13H19NO/c1-3-12(2)11-14-9-10-15-13-7-5-4-6-8-13/h4-8,14H,2-3,9-11H2,1H3. The first-order valence-corrected chi connectivity index (χ1v) is 5.38. The van der Waals surface area contributed by atoms with Crippen molar-refractivity contribution in [2.75, 3.05) is 19.7 Å².